The normalized spacial score (nSPS) is 14.5. The lowest BCUT2D eigenvalue weighted by molar-refractivity contribution is -0.274. The fourth-order valence-electron chi connectivity index (χ4n) is 4.54. The highest BCUT2D eigenvalue weighted by atomic mass is 32.2. The molecule has 1 saturated heterocycles. The summed E-state index contributed by atoms with van der Waals surface area (Å²) in [5.74, 6) is 0.509. The van der Waals surface area contributed by atoms with Crippen LogP contribution in [0.15, 0.2) is 78.0 Å². The Bertz CT molecular complexity index is 1630. The smallest absolute Gasteiger partial charge is 0.406 e. The van der Waals surface area contributed by atoms with Crippen LogP contribution in [-0.4, -0.2) is 42.9 Å². The number of aromatic nitrogens is 3. The molecule has 42 heavy (non-hydrogen) atoms. The number of alkyl halides is 3. The maximum Gasteiger partial charge on any atom is 0.573 e. The Morgan fingerprint density at radius 3 is 2.52 bits per heavy atom. The van der Waals surface area contributed by atoms with Crippen molar-refractivity contribution in [2.45, 2.75) is 39.5 Å². The number of amides is 1. The van der Waals surface area contributed by atoms with E-state index in [4.69, 9.17) is 12.2 Å². The second-order valence-corrected chi connectivity index (χ2v) is 10.9. The molecule has 1 amide bonds. The van der Waals surface area contributed by atoms with Gasteiger partial charge >= 0.3 is 6.36 Å². The largest absolute Gasteiger partial charge is 0.573 e. The Morgan fingerprint density at radius 2 is 1.83 bits per heavy atom. The van der Waals surface area contributed by atoms with Gasteiger partial charge in [-0.1, -0.05) is 73.4 Å². The highest BCUT2D eigenvalue weighted by Gasteiger charge is 2.32. The van der Waals surface area contributed by atoms with Gasteiger partial charge in [-0.15, -0.1) is 18.3 Å². The van der Waals surface area contributed by atoms with E-state index < -0.39 is 6.36 Å². The molecule has 0 N–H and O–H groups in total. The number of para-hydroxylation sites is 1. The molecule has 0 bridgehead atoms. The predicted molar refractivity (Wildman–Crippen MR) is 162 cm³/mol. The van der Waals surface area contributed by atoms with E-state index in [2.05, 4.69) is 26.7 Å². The molecule has 0 radical (unpaired) electrons. The number of aliphatic imine (C=N–C) groups is 1. The van der Waals surface area contributed by atoms with Gasteiger partial charge in [0.15, 0.2) is 11.0 Å². The number of ether oxygens (including phenoxy) is 1. The van der Waals surface area contributed by atoms with Crippen LogP contribution in [0.25, 0.3) is 17.1 Å². The average molecular weight is 610 g/mol. The summed E-state index contributed by atoms with van der Waals surface area (Å²) in [6.07, 6.45) is -1.22. The number of hydrogen-bond donors (Lipinski definition) is 0. The number of amidine groups is 1. The molecule has 1 aliphatic rings. The number of nitrogens with zero attached hydrogens (tertiary/aromatic N) is 5. The van der Waals surface area contributed by atoms with E-state index in [0.717, 1.165) is 34.4 Å². The van der Waals surface area contributed by atoms with Crippen LogP contribution >= 0.6 is 24.0 Å². The van der Waals surface area contributed by atoms with Gasteiger partial charge in [0, 0.05) is 12.0 Å². The topological polar surface area (TPSA) is 72.6 Å². The van der Waals surface area contributed by atoms with Crippen LogP contribution in [0, 0.1) is 6.92 Å². The Morgan fingerprint density at radius 1 is 1.10 bits per heavy atom. The number of anilines is 1. The number of thioether (sulfide) groups is 1. The van der Waals surface area contributed by atoms with E-state index >= 15 is 0 Å². The zero-order valence-electron chi connectivity index (χ0n) is 22.8. The molecule has 1 fully saturated rings. The highest BCUT2D eigenvalue weighted by Crippen LogP contribution is 2.33. The number of aryl methyl sites for hydroxylation is 3. The molecule has 1 aromatic heterocycles. The fraction of sp³-hybridized carbons (Fsp3) is 0.233. The third-order valence-electron chi connectivity index (χ3n) is 6.58. The van der Waals surface area contributed by atoms with Crippen molar-refractivity contribution in [3.63, 3.8) is 0 Å². The van der Waals surface area contributed by atoms with Crippen LogP contribution in [0.2, 0.25) is 0 Å². The molecule has 12 heteroatoms. The Balaban J connectivity index is 1.22. The predicted octanol–water partition coefficient (Wildman–Crippen LogP) is 7.10. The molecule has 0 atom stereocenters. The molecule has 4 aromatic rings. The SMILES string of the molecule is CCc1cccc(C)c1N1C(=O)CSC1=NC(=S)CCc1ccc(-c2ncn(-c3ccc(OC(F)(F)F)cc3)n2)cc1. The fourth-order valence-corrected chi connectivity index (χ4v) is 5.67. The Hall–Kier alpha value is -4.03. The zero-order chi connectivity index (χ0) is 29.9. The number of hydrogen-bond acceptors (Lipinski definition) is 6. The van der Waals surface area contributed by atoms with Gasteiger partial charge in [-0.05, 0) is 60.7 Å². The van der Waals surface area contributed by atoms with Gasteiger partial charge in [0.05, 0.1) is 17.1 Å². The van der Waals surface area contributed by atoms with E-state index in [1.165, 1.54) is 47.0 Å². The maximum absolute atomic E-state index is 12.8. The number of rotatable bonds is 8. The van der Waals surface area contributed by atoms with Crippen LogP contribution in [0.1, 0.15) is 30.0 Å². The van der Waals surface area contributed by atoms with Crippen molar-refractivity contribution in [3.05, 3.63) is 89.7 Å². The van der Waals surface area contributed by atoms with Crippen LogP contribution < -0.4 is 9.64 Å². The second kappa shape index (κ2) is 12.5. The van der Waals surface area contributed by atoms with Crippen molar-refractivity contribution in [1.29, 1.82) is 0 Å². The molecular formula is C30H26F3N5O2S2. The van der Waals surface area contributed by atoms with E-state index in [0.29, 0.717) is 40.3 Å². The molecule has 0 aliphatic carbocycles. The minimum atomic E-state index is -4.75. The van der Waals surface area contributed by atoms with Gasteiger partial charge in [0.2, 0.25) is 5.91 Å². The van der Waals surface area contributed by atoms with Crippen molar-refractivity contribution in [2.75, 3.05) is 10.7 Å². The summed E-state index contributed by atoms with van der Waals surface area (Å²) in [5, 5.41) is 5.06. The third-order valence-corrected chi connectivity index (χ3v) is 7.80. The lowest BCUT2D eigenvalue weighted by atomic mass is 10.0. The first-order chi connectivity index (χ1) is 20.1. The van der Waals surface area contributed by atoms with Crippen LogP contribution in [0.5, 0.6) is 5.75 Å². The molecule has 216 valence electrons. The number of halogens is 3. The number of benzene rings is 3. The molecule has 1 aliphatic heterocycles. The van der Waals surface area contributed by atoms with Crippen molar-refractivity contribution in [3.8, 4) is 22.8 Å². The Labute approximate surface area is 250 Å². The summed E-state index contributed by atoms with van der Waals surface area (Å²) in [5.41, 5.74) is 5.41. The van der Waals surface area contributed by atoms with Crippen LogP contribution in [-0.2, 0) is 17.6 Å². The van der Waals surface area contributed by atoms with E-state index in [1.807, 2.05) is 49.4 Å². The molecule has 2 heterocycles. The van der Waals surface area contributed by atoms with Gasteiger partial charge in [-0.3, -0.25) is 9.69 Å². The van der Waals surface area contributed by atoms with Crippen molar-refractivity contribution < 1.29 is 22.7 Å². The standard InChI is InChI=1S/C30H26F3N5O2S2/c1-3-21-6-4-5-19(2)27(21)38-26(39)17-42-29(38)35-25(41)16-9-20-7-10-22(11-8-20)28-34-18-37(36-28)23-12-14-24(15-13-23)40-30(31,32)33/h4-8,10-15,18H,3,9,16-17H2,1-2H3. The second-order valence-electron chi connectivity index (χ2n) is 9.49. The first-order valence-electron chi connectivity index (χ1n) is 13.1. The first kappa shape index (κ1) is 29.5. The molecule has 3 aromatic carbocycles. The quantitative estimate of drug-likeness (QED) is 0.199. The average Bonchev–Trinajstić information content (AvgIpc) is 3.59. The van der Waals surface area contributed by atoms with Crippen LogP contribution in [0.4, 0.5) is 18.9 Å². The minimum Gasteiger partial charge on any atom is -0.406 e. The summed E-state index contributed by atoms with van der Waals surface area (Å²) in [6.45, 7) is 4.07. The molecular weight excluding hydrogens is 583 g/mol. The van der Waals surface area contributed by atoms with Crippen molar-refractivity contribution >= 4 is 45.7 Å². The third kappa shape index (κ3) is 6.88. The summed E-state index contributed by atoms with van der Waals surface area (Å²) in [6, 6.07) is 19.2. The summed E-state index contributed by atoms with van der Waals surface area (Å²) < 4.78 is 42.6. The van der Waals surface area contributed by atoms with Gasteiger partial charge in [-0.25, -0.2) is 14.7 Å². The minimum absolute atomic E-state index is 0.00433. The zero-order valence-corrected chi connectivity index (χ0v) is 24.4. The lowest BCUT2D eigenvalue weighted by Crippen LogP contribution is -2.31. The molecule has 7 nitrogen and oxygen atoms in total. The molecule has 0 spiro atoms. The van der Waals surface area contributed by atoms with Gasteiger partial charge in [0.1, 0.15) is 17.1 Å². The molecule has 5 rings (SSSR count). The van der Waals surface area contributed by atoms with Gasteiger partial charge in [-0.2, -0.15) is 0 Å². The summed E-state index contributed by atoms with van der Waals surface area (Å²) in [4.78, 5) is 24.0. The lowest BCUT2D eigenvalue weighted by Gasteiger charge is -2.21. The van der Waals surface area contributed by atoms with Gasteiger partial charge < -0.3 is 4.74 Å². The Kier molecular flexibility index (Phi) is 8.74. The number of carbonyl (C=O) groups excluding carboxylic acids is 1. The summed E-state index contributed by atoms with van der Waals surface area (Å²) in [7, 11) is 0. The highest BCUT2D eigenvalue weighted by molar-refractivity contribution is 8.15. The van der Waals surface area contributed by atoms with Gasteiger partial charge in [0.25, 0.3) is 0 Å². The maximum atomic E-state index is 12.8. The number of thiocarbonyl (C=S) groups is 1. The molecule has 0 saturated carbocycles. The monoisotopic (exact) mass is 609 g/mol. The first-order valence-corrected chi connectivity index (χ1v) is 14.5. The van der Waals surface area contributed by atoms with E-state index in [9.17, 15) is 18.0 Å². The number of carbonyl (C=O) groups is 1. The van der Waals surface area contributed by atoms with Crippen molar-refractivity contribution in [1.82, 2.24) is 14.8 Å². The van der Waals surface area contributed by atoms with Crippen molar-refractivity contribution in [2.24, 2.45) is 4.99 Å². The summed E-state index contributed by atoms with van der Waals surface area (Å²) >= 11 is 6.99. The van der Waals surface area contributed by atoms with E-state index in [1.54, 1.807) is 4.90 Å². The van der Waals surface area contributed by atoms with Crippen LogP contribution in [0.3, 0.4) is 0 Å². The van der Waals surface area contributed by atoms with E-state index in [-0.39, 0.29) is 11.7 Å². The molecule has 0 unspecified atom stereocenters.